The van der Waals surface area contributed by atoms with E-state index in [0.717, 1.165) is 15.9 Å². The van der Waals surface area contributed by atoms with Crippen LogP contribution in [-0.4, -0.2) is 41.8 Å². The lowest BCUT2D eigenvalue weighted by atomic mass is 10.2. The van der Waals surface area contributed by atoms with Gasteiger partial charge >= 0.3 is 0 Å². The van der Waals surface area contributed by atoms with Gasteiger partial charge in [-0.1, -0.05) is 0 Å². The lowest BCUT2D eigenvalue weighted by Gasteiger charge is -2.15. The Morgan fingerprint density at radius 2 is 2.14 bits per heavy atom. The number of hydrogen-bond donors (Lipinski definition) is 2. The van der Waals surface area contributed by atoms with E-state index in [1.165, 1.54) is 16.2 Å². The number of rotatable bonds is 4. The molecule has 0 aromatic carbocycles. The summed E-state index contributed by atoms with van der Waals surface area (Å²) >= 11 is 1.26. The number of aromatic nitrogens is 1. The molecule has 112 valence electrons. The van der Waals surface area contributed by atoms with Crippen LogP contribution in [0, 0.1) is 6.92 Å². The number of likely N-dealkylation sites (N-methyl/N-ethyl adjacent to an activating group) is 2. The summed E-state index contributed by atoms with van der Waals surface area (Å²) in [6, 6.07) is 3.72. The third kappa shape index (κ3) is 3.13. The van der Waals surface area contributed by atoms with Crippen molar-refractivity contribution >= 4 is 39.1 Å². The third-order valence-corrected chi connectivity index (χ3v) is 4.13. The molecule has 0 aliphatic carbocycles. The van der Waals surface area contributed by atoms with Gasteiger partial charge in [0.25, 0.3) is 5.91 Å². The van der Waals surface area contributed by atoms with E-state index >= 15 is 0 Å². The fraction of sp³-hybridized carbons (Fsp3) is 0.357. The zero-order valence-corrected chi connectivity index (χ0v) is 13.1. The van der Waals surface area contributed by atoms with E-state index in [2.05, 4.69) is 10.3 Å². The van der Waals surface area contributed by atoms with E-state index in [1.807, 2.05) is 26.0 Å². The number of nitrogens with two attached hydrogens (primary N) is 1. The first kappa shape index (κ1) is 15.2. The molecule has 0 fully saturated rings. The van der Waals surface area contributed by atoms with Crippen LogP contribution in [0.3, 0.4) is 0 Å². The maximum Gasteiger partial charge on any atom is 0.266 e. The molecule has 7 heteroatoms. The van der Waals surface area contributed by atoms with Gasteiger partial charge in [0.05, 0.1) is 12.2 Å². The Labute approximate surface area is 127 Å². The van der Waals surface area contributed by atoms with Crippen molar-refractivity contribution in [3.05, 3.63) is 22.7 Å². The summed E-state index contributed by atoms with van der Waals surface area (Å²) < 4.78 is 0. The number of nitrogen functional groups attached to an aromatic ring is 1. The number of anilines is 1. The summed E-state index contributed by atoms with van der Waals surface area (Å²) in [4.78, 5) is 30.9. The van der Waals surface area contributed by atoms with Gasteiger partial charge < -0.3 is 16.0 Å². The van der Waals surface area contributed by atoms with Crippen molar-refractivity contribution in [3.63, 3.8) is 0 Å². The molecule has 2 rings (SSSR count). The van der Waals surface area contributed by atoms with Gasteiger partial charge in [-0.3, -0.25) is 9.59 Å². The minimum absolute atomic E-state index is 0.00676. The van der Waals surface area contributed by atoms with Crippen molar-refractivity contribution in [3.8, 4) is 0 Å². The highest BCUT2D eigenvalue weighted by molar-refractivity contribution is 7.21. The molecule has 2 heterocycles. The number of nitrogens with zero attached hydrogens (tertiary/aromatic N) is 2. The second-order valence-electron chi connectivity index (χ2n) is 4.76. The first-order chi connectivity index (χ1) is 9.93. The van der Waals surface area contributed by atoms with Crippen LogP contribution in [0.5, 0.6) is 0 Å². The molecular formula is C14H18N4O2S. The van der Waals surface area contributed by atoms with E-state index in [9.17, 15) is 9.59 Å². The molecule has 0 saturated heterocycles. The summed E-state index contributed by atoms with van der Waals surface area (Å²) in [5, 5.41) is 3.44. The Morgan fingerprint density at radius 3 is 2.81 bits per heavy atom. The van der Waals surface area contributed by atoms with Crippen molar-refractivity contribution < 1.29 is 9.59 Å². The number of fused-ring (bicyclic) bond motifs is 1. The second kappa shape index (κ2) is 6.09. The molecule has 2 amide bonds. The van der Waals surface area contributed by atoms with Gasteiger partial charge in [0, 0.05) is 24.7 Å². The summed E-state index contributed by atoms with van der Waals surface area (Å²) in [6.45, 7) is 4.26. The summed E-state index contributed by atoms with van der Waals surface area (Å²) in [7, 11) is 1.58. The van der Waals surface area contributed by atoms with E-state index in [1.54, 1.807) is 7.05 Å². The Balaban J connectivity index is 2.26. The molecule has 2 aromatic heterocycles. The van der Waals surface area contributed by atoms with E-state index in [4.69, 9.17) is 5.73 Å². The highest BCUT2D eigenvalue weighted by Gasteiger charge is 2.21. The normalized spacial score (nSPS) is 10.6. The molecule has 3 N–H and O–H groups in total. The van der Waals surface area contributed by atoms with Crippen molar-refractivity contribution in [2.75, 3.05) is 25.9 Å². The Morgan fingerprint density at radius 1 is 1.43 bits per heavy atom. The molecule has 21 heavy (non-hydrogen) atoms. The largest absolute Gasteiger partial charge is 0.397 e. The average molecular weight is 306 g/mol. The van der Waals surface area contributed by atoms with Crippen LogP contribution >= 0.6 is 11.3 Å². The summed E-state index contributed by atoms with van der Waals surface area (Å²) in [5.74, 6) is -0.457. The van der Waals surface area contributed by atoms with Gasteiger partial charge in [0.15, 0.2) is 0 Å². The Bertz CT molecular complexity index is 696. The predicted octanol–water partition coefficient (Wildman–Crippen LogP) is 1.40. The molecule has 0 saturated carbocycles. The monoisotopic (exact) mass is 306 g/mol. The lowest BCUT2D eigenvalue weighted by molar-refractivity contribution is -0.121. The van der Waals surface area contributed by atoms with E-state index in [0.29, 0.717) is 17.1 Å². The number of amides is 2. The van der Waals surface area contributed by atoms with E-state index in [-0.39, 0.29) is 18.4 Å². The average Bonchev–Trinajstić information content (AvgIpc) is 2.74. The van der Waals surface area contributed by atoms with Crippen molar-refractivity contribution in [2.24, 2.45) is 0 Å². The molecule has 0 aliphatic heterocycles. The molecule has 0 atom stereocenters. The maximum atomic E-state index is 12.4. The molecule has 2 aromatic rings. The standard InChI is InChI=1S/C14H18N4O2S/c1-4-16-10(19)7-18(3)14(20)12-11(15)9-6-5-8(2)17-13(9)21-12/h5-6H,4,7,15H2,1-3H3,(H,16,19). The van der Waals surface area contributed by atoms with Gasteiger partial charge in [-0.25, -0.2) is 4.98 Å². The highest BCUT2D eigenvalue weighted by atomic mass is 32.1. The van der Waals surface area contributed by atoms with E-state index < -0.39 is 0 Å². The van der Waals surface area contributed by atoms with Crippen LogP contribution in [0.15, 0.2) is 12.1 Å². The number of carbonyl (C=O) groups excluding carboxylic acids is 2. The number of carbonyl (C=O) groups is 2. The van der Waals surface area contributed by atoms with Gasteiger partial charge in [0.1, 0.15) is 9.71 Å². The Kier molecular flexibility index (Phi) is 4.42. The molecule has 0 unspecified atom stereocenters. The van der Waals surface area contributed by atoms with Gasteiger partial charge in [-0.15, -0.1) is 11.3 Å². The maximum absolute atomic E-state index is 12.4. The number of thiophene rings is 1. The molecule has 6 nitrogen and oxygen atoms in total. The smallest absolute Gasteiger partial charge is 0.266 e. The van der Waals surface area contributed by atoms with Crippen LogP contribution in [0.1, 0.15) is 22.3 Å². The fourth-order valence-corrected chi connectivity index (χ4v) is 3.10. The molecule has 0 spiro atoms. The summed E-state index contributed by atoms with van der Waals surface area (Å²) in [5.41, 5.74) is 7.34. The predicted molar refractivity (Wildman–Crippen MR) is 84.4 cm³/mol. The molecular weight excluding hydrogens is 288 g/mol. The van der Waals surface area contributed by atoms with Crippen LogP contribution in [0.25, 0.3) is 10.2 Å². The van der Waals surface area contributed by atoms with Crippen molar-refractivity contribution in [1.82, 2.24) is 15.2 Å². The third-order valence-electron chi connectivity index (χ3n) is 3.03. The van der Waals surface area contributed by atoms with Gasteiger partial charge in [-0.05, 0) is 26.0 Å². The SMILES string of the molecule is CCNC(=O)CN(C)C(=O)c1sc2nc(C)ccc2c1N. The number of hydrogen-bond acceptors (Lipinski definition) is 5. The lowest BCUT2D eigenvalue weighted by Crippen LogP contribution is -2.38. The van der Waals surface area contributed by atoms with Crippen molar-refractivity contribution in [1.29, 1.82) is 0 Å². The fourth-order valence-electron chi connectivity index (χ4n) is 1.96. The molecule has 0 radical (unpaired) electrons. The first-order valence-electron chi connectivity index (χ1n) is 6.61. The Hall–Kier alpha value is -2.15. The van der Waals surface area contributed by atoms with Crippen LogP contribution in [-0.2, 0) is 4.79 Å². The topological polar surface area (TPSA) is 88.3 Å². The zero-order chi connectivity index (χ0) is 15.6. The van der Waals surface area contributed by atoms with Crippen LogP contribution in [0.2, 0.25) is 0 Å². The van der Waals surface area contributed by atoms with Crippen LogP contribution < -0.4 is 11.1 Å². The van der Waals surface area contributed by atoms with Gasteiger partial charge in [-0.2, -0.15) is 0 Å². The summed E-state index contributed by atoms with van der Waals surface area (Å²) in [6.07, 6.45) is 0. The number of aryl methyl sites for hydroxylation is 1. The minimum atomic E-state index is -0.264. The first-order valence-corrected chi connectivity index (χ1v) is 7.43. The molecule has 0 aliphatic rings. The minimum Gasteiger partial charge on any atom is -0.397 e. The van der Waals surface area contributed by atoms with Gasteiger partial charge in [0.2, 0.25) is 5.91 Å². The quantitative estimate of drug-likeness (QED) is 0.893. The highest BCUT2D eigenvalue weighted by Crippen LogP contribution is 2.33. The van der Waals surface area contributed by atoms with Crippen molar-refractivity contribution in [2.45, 2.75) is 13.8 Å². The second-order valence-corrected chi connectivity index (χ2v) is 5.76. The van der Waals surface area contributed by atoms with Crippen LogP contribution in [0.4, 0.5) is 5.69 Å². The number of pyridine rings is 1. The molecule has 0 bridgehead atoms. The zero-order valence-electron chi connectivity index (χ0n) is 12.3. The number of nitrogens with one attached hydrogen (secondary N) is 1.